The number of hydrogen-bond acceptors (Lipinski definition) is 3. The van der Waals surface area contributed by atoms with Gasteiger partial charge < -0.3 is 9.84 Å². The van der Waals surface area contributed by atoms with Crippen LogP contribution >= 0.6 is 15.9 Å². The summed E-state index contributed by atoms with van der Waals surface area (Å²) in [5, 5.41) is 9.67. The summed E-state index contributed by atoms with van der Waals surface area (Å²) in [5.74, 6) is -0.931. The van der Waals surface area contributed by atoms with E-state index in [9.17, 15) is 14.3 Å². The average Bonchev–Trinajstić information content (AvgIpc) is 2.67. The van der Waals surface area contributed by atoms with Crippen LogP contribution in [0.4, 0.5) is 4.39 Å². The number of hydrogen-bond donors (Lipinski definition) is 1. The van der Waals surface area contributed by atoms with Gasteiger partial charge in [-0.3, -0.25) is 4.98 Å². The molecule has 0 radical (unpaired) electrons. The summed E-state index contributed by atoms with van der Waals surface area (Å²) in [6.07, 6.45) is 1.40. The fraction of sp³-hybridized carbons (Fsp3) is 0.182. The molecule has 0 fully saturated rings. The van der Waals surface area contributed by atoms with Gasteiger partial charge in [-0.1, -0.05) is 53.5 Å². The van der Waals surface area contributed by atoms with E-state index in [-0.39, 0.29) is 12.2 Å². The van der Waals surface area contributed by atoms with Crippen molar-refractivity contribution >= 4 is 21.9 Å². The fourth-order valence-corrected chi connectivity index (χ4v) is 3.32. The Bertz CT molecular complexity index is 1010. The van der Waals surface area contributed by atoms with Crippen molar-refractivity contribution in [3.8, 4) is 16.9 Å². The number of pyridine rings is 1. The van der Waals surface area contributed by atoms with Crippen molar-refractivity contribution in [3.63, 3.8) is 0 Å². The smallest absolute Gasteiger partial charge is 0.337 e. The zero-order chi connectivity index (χ0) is 20.1. The highest BCUT2D eigenvalue weighted by atomic mass is 79.9. The van der Waals surface area contributed by atoms with E-state index in [1.54, 1.807) is 30.3 Å². The molecule has 1 aromatic heterocycles. The third-order valence-electron chi connectivity index (χ3n) is 4.23. The van der Waals surface area contributed by atoms with E-state index in [0.29, 0.717) is 34.7 Å². The van der Waals surface area contributed by atoms with Gasteiger partial charge >= 0.3 is 5.97 Å². The summed E-state index contributed by atoms with van der Waals surface area (Å²) in [7, 11) is 0. The van der Waals surface area contributed by atoms with Gasteiger partial charge in [0.15, 0.2) is 0 Å². The molecule has 0 amide bonds. The third-order valence-corrected chi connectivity index (χ3v) is 4.73. The second-order valence-electron chi connectivity index (χ2n) is 6.26. The normalized spacial score (nSPS) is 10.7. The Labute approximate surface area is 171 Å². The summed E-state index contributed by atoms with van der Waals surface area (Å²) >= 11 is 3.38. The standard InChI is InChI=1S/C22H19BrFNO3/c1-2-6-20-17(16-9-3-4-10-19(16)24)12-18(22(26)27)21(25-20)13-28-15-8-5-7-14(23)11-15/h3-5,7-12H,2,6,13H2,1H3,(H,26,27). The second-order valence-corrected chi connectivity index (χ2v) is 7.17. The molecule has 6 heteroatoms. The van der Waals surface area contributed by atoms with Crippen molar-refractivity contribution in [1.82, 2.24) is 4.98 Å². The molecule has 0 unspecified atom stereocenters. The van der Waals surface area contributed by atoms with E-state index in [4.69, 9.17) is 4.74 Å². The largest absolute Gasteiger partial charge is 0.487 e. The Morgan fingerprint density at radius 2 is 1.89 bits per heavy atom. The lowest BCUT2D eigenvalue weighted by Gasteiger charge is -2.15. The monoisotopic (exact) mass is 443 g/mol. The van der Waals surface area contributed by atoms with Gasteiger partial charge in [-0.05, 0) is 36.8 Å². The molecule has 0 aliphatic heterocycles. The van der Waals surface area contributed by atoms with Crippen LogP contribution in [-0.4, -0.2) is 16.1 Å². The van der Waals surface area contributed by atoms with Crippen LogP contribution in [0, 0.1) is 5.82 Å². The second kappa shape index (κ2) is 8.97. The number of carbonyl (C=O) groups is 1. The van der Waals surface area contributed by atoms with Crippen molar-refractivity contribution in [1.29, 1.82) is 0 Å². The topological polar surface area (TPSA) is 59.4 Å². The quantitative estimate of drug-likeness (QED) is 0.495. The highest BCUT2D eigenvalue weighted by Gasteiger charge is 2.19. The number of carboxylic acids is 1. The minimum Gasteiger partial charge on any atom is -0.487 e. The Balaban J connectivity index is 2.03. The van der Waals surface area contributed by atoms with Gasteiger partial charge in [-0.15, -0.1) is 0 Å². The number of ether oxygens (including phenoxy) is 1. The molecule has 0 atom stereocenters. The SMILES string of the molecule is CCCc1nc(COc2cccc(Br)c2)c(C(=O)O)cc1-c1ccccc1F. The Morgan fingerprint density at radius 3 is 2.57 bits per heavy atom. The molecule has 0 spiro atoms. The summed E-state index contributed by atoms with van der Waals surface area (Å²) in [6.45, 7) is 2.00. The van der Waals surface area contributed by atoms with Gasteiger partial charge in [-0.2, -0.15) is 0 Å². The number of nitrogens with zero attached hydrogens (tertiary/aromatic N) is 1. The number of halogens is 2. The van der Waals surface area contributed by atoms with E-state index in [1.165, 1.54) is 12.1 Å². The number of rotatable bonds is 7. The number of benzene rings is 2. The Kier molecular flexibility index (Phi) is 6.41. The zero-order valence-electron chi connectivity index (χ0n) is 15.3. The van der Waals surface area contributed by atoms with Crippen molar-refractivity contribution in [2.24, 2.45) is 0 Å². The minimum atomic E-state index is -1.12. The molecule has 144 valence electrons. The van der Waals surface area contributed by atoms with Crippen molar-refractivity contribution in [2.75, 3.05) is 0 Å². The Hall–Kier alpha value is -2.73. The van der Waals surface area contributed by atoms with E-state index < -0.39 is 11.8 Å². The summed E-state index contributed by atoms with van der Waals surface area (Å²) < 4.78 is 20.9. The van der Waals surface area contributed by atoms with Crippen LogP contribution in [0.2, 0.25) is 0 Å². The first-order chi connectivity index (χ1) is 13.5. The van der Waals surface area contributed by atoms with E-state index in [1.807, 2.05) is 19.1 Å². The van der Waals surface area contributed by atoms with Crippen LogP contribution in [0.15, 0.2) is 59.1 Å². The molecular weight excluding hydrogens is 425 g/mol. The summed E-state index contributed by atoms with van der Waals surface area (Å²) in [4.78, 5) is 16.4. The highest BCUT2D eigenvalue weighted by Crippen LogP contribution is 2.29. The van der Waals surface area contributed by atoms with Crippen molar-refractivity contribution < 1.29 is 19.0 Å². The van der Waals surface area contributed by atoms with E-state index in [0.717, 1.165) is 10.9 Å². The zero-order valence-corrected chi connectivity index (χ0v) is 16.9. The molecule has 1 N–H and O–H groups in total. The number of aromatic nitrogens is 1. The van der Waals surface area contributed by atoms with Crippen LogP contribution in [0.1, 0.15) is 35.1 Å². The molecule has 0 aliphatic carbocycles. The van der Waals surface area contributed by atoms with Crippen LogP contribution in [-0.2, 0) is 13.0 Å². The van der Waals surface area contributed by atoms with Crippen molar-refractivity contribution in [3.05, 3.63) is 81.8 Å². The predicted molar refractivity (Wildman–Crippen MR) is 109 cm³/mol. The lowest BCUT2D eigenvalue weighted by Crippen LogP contribution is -2.11. The molecule has 3 rings (SSSR count). The summed E-state index contributed by atoms with van der Waals surface area (Å²) in [6, 6.07) is 15.1. The van der Waals surface area contributed by atoms with Crippen LogP contribution in [0.3, 0.4) is 0 Å². The first kappa shape index (κ1) is 20.0. The van der Waals surface area contributed by atoms with Crippen molar-refractivity contribution in [2.45, 2.75) is 26.4 Å². The predicted octanol–water partition coefficient (Wildman–Crippen LogP) is 5.88. The van der Waals surface area contributed by atoms with Gasteiger partial charge in [0.1, 0.15) is 18.2 Å². The third kappa shape index (κ3) is 4.57. The number of carboxylic acid groups (broad SMARTS) is 1. The van der Waals surface area contributed by atoms with Gasteiger partial charge in [0, 0.05) is 21.3 Å². The molecule has 0 aliphatic rings. The molecule has 3 aromatic rings. The maximum Gasteiger partial charge on any atom is 0.337 e. The number of aromatic carboxylic acids is 1. The first-order valence-electron chi connectivity index (χ1n) is 8.89. The van der Waals surface area contributed by atoms with E-state index in [2.05, 4.69) is 20.9 Å². The lowest BCUT2D eigenvalue weighted by molar-refractivity contribution is 0.0693. The molecule has 1 heterocycles. The van der Waals surface area contributed by atoms with Gasteiger partial charge in [0.05, 0.1) is 11.3 Å². The highest BCUT2D eigenvalue weighted by molar-refractivity contribution is 9.10. The lowest BCUT2D eigenvalue weighted by atomic mass is 9.97. The fourth-order valence-electron chi connectivity index (χ4n) is 2.94. The van der Waals surface area contributed by atoms with Crippen LogP contribution in [0.25, 0.3) is 11.1 Å². The summed E-state index contributed by atoms with van der Waals surface area (Å²) in [5.41, 5.74) is 1.83. The molecular formula is C22H19BrFNO3. The van der Waals surface area contributed by atoms with Crippen LogP contribution in [0.5, 0.6) is 5.75 Å². The maximum absolute atomic E-state index is 14.3. The molecule has 28 heavy (non-hydrogen) atoms. The molecule has 4 nitrogen and oxygen atoms in total. The van der Waals surface area contributed by atoms with E-state index >= 15 is 0 Å². The maximum atomic E-state index is 14.3. The minimum absolute atomic E-state index is 0.00630. The molecule has 2 aromatic carbocycles. The average molecular weight is 444 g/mol. The molecule has 0 bridgehead atoms. The van der Waals surface area contributed by atoms with Gasteiger partial charge in [-0.25, -0.2) is 9.18 Å². The first-order valence-corrected chi connectivity index (χ1v) is 9.68. The molecule has 0 saturated heterocycles. The van der Waals surface area contributed by atoms with Gasteiger partial charge in [0.2, 0.25) is 0 Å². The Morgan fingerprint density at radius 1 is 1.11 bits per heavy atom. The van der Waals surface area contributed by atoms with Crippen LogP contribution < -0.4 is 4.74 Å². The number of aryl methyl sites for hydroxylation is 1. The molecule has 0 saturated carbocycles. The van der Waals surface area contributed by atoms with Gasteiger partial charge in [0.25, 0.3) is 0 Å².